The standard InChI is InChI=1S/C24H35N5O/c1-19(2)21-9-7-20(8-10-21)17-27-13-15-28(16-14-27)18-24(30)26-23-11-12-25-29(23)22-5-3-4-6-22/h7-12,19,22H,3-6,13-18H2,1-2H3,(H,26,30). The van der Waals surface area contributed by atoms with E-state index in [1.54, 1.807) is 6.20 Å². The van der Waals surface area contributed by atoms with E-state index in [0.29, 0.717) is 18.5 Å². The number of amides is 1. The lowest BCUT2D eigenvalue weighted by molar-refractivity contribution is -0.117. The SMILES string of the molecule is CC(C)c1ccc(CN2CCN(CC(=O)Nc3ccnn3C3CCCC3)CC2)cc1. The van der Waals surface area contributed by atoms with Gasteiger partial charge in [-0.3, -0.25) is 14.6 Å². The number of nitrogens with one attached hydrogen (secondary N) is 1. The van der Waals surface area contributed by atoms with Crippen molar-refractivity contribution in [3.63, 3.8) is 0 Å². The second-order valence-electron chi connectivity index (χ2n) is 9.10. The Morgan fingerprint density at radius 3 is 2.37 bits per heavy atom. The Balaban J connectivity index is 1.22. The largest absolute Gasteiger partial charge is 0.310 e. The van der Waals surface area contributed by atoms with Crippen molar-refractivity contribution in [2.24, 2.45) is 0 Å². The van der Waals surface area contributed by atoms with Gasteiger partial charge >= 0.3 is 0 Å². The predicted octanol–water partition coefficient (Wildman–Crippen LogP) is 3.88. The minimum Gasteiger partial charge on any atom is -0.310 e. The number of carbonyl (C=O) groups excluding carboxylic acids is 1. The third-order valence-corrected chi connectivity index (χ3v) is 6.49. The smallest absolute Gasteiger partial charge is 0.239 e. The summed E-state index contributed by atoms with van der Waals surface area (Å²) in [5, 5.41) is 7.53. The van der Waals surface area contributed by atoms with Crippen molar-refractivity contribution < 1.29 is 4.79 Å². The Bertz CT molecular complexity index is 814. The summed E-state index contributed by atoms with van der Waals surface area (Å²) in [4.78, 5) is 17.3. The zero-order valence-corrected chi connectivity index (χ0v) is 18.4. The van der Waals surface area contributed by atoms with Crippen LogP contribution in [0.5, 0.6) is 0 Å². The van der Waals surface area contributed by atoms with E-state index in [1.807, 2.05) is 10.7 Å². The molecule has 30 heavy (non-hydrogen) atoms. The third-order valence-electron chi connectivity index (χ3n) is 6.49. The van der Waals surface area contributed by atoms with Crippen LogP contribution in [0.25, 0.3) is 0 Å². The fourth-order valence-corrected chi connectivity index (χ4v) is 4.61. The molecule has 0 unspecified atom stereocenters. The molecule has 6 nitrogen and oxygen atoms in total. The summed E-state index contributed by atoms with van der Waals surface area (Å²) in [5.74, 6) is 1.48. The molecule has 162 valence electrons. The van der Waals surface area contributed by atoms with E-state index in [4.69, 9.17) is 0 Å². The van der Waals surface area contributed by atoms with Crippen molar-refractivity contribution in [3.05, 3.63) is 47.7 Å². The van der Waals surface area contributed by atoms with Gasteiger partial charge in [0, 0.05) is 38.8 Å². The number of carbonyl (C=O) groups is 1. The van der Waals surface area contributed by atoms with Crippen LogP contribution in [-0.2, 0) is 11.3 Å². The number of aromatic nitrogens is 2. The van der Waals surface area contributed by atoms with Gasteiger partial charge in [0.2, 0.25) is 5.91 Å². The van der Waals surface area contributed by atoms with E-state index in [-0.39, 0.29) is 5.91 Å². The van der Waals surface area contributed by atoms with Crippen LogP contribution in [0.2, 0.25) is 0 Å². The quantitative estimate of drug-likeness (QED) is 0.754. The normalized spacial score (nSPS) is 18.9. The summed E-state index contributed by atoms with van der Waals surface area (Å²) in [7, 11) is 0. The maximum absolute atomic E-state index is 12.6. The van der Waals surface area contributed by atoms with Crippen molar-refractivity contribution in [1.82, 2.24) is 19.6 Å². The van der Waals surface area contributed by atoms with Crippen molar-refractivity contribution in [2.75, 3.05) is 38.0 Å². The van der Waals surface area contributed by atoms with Crippen LogP contribution in [0.3, 0.4) is 0 Å². The Labute approximate surface area is 180 Å². The number of piperazine rings is 1. The highest BCUT2D eigenvalue weighted by Gasteiger charge is 2.22. The van der Waals surface area contributed by atoms with Crippen LogP contribution in [0.4, 0.5) is 5.82 Å². The maximum Gasteiger partial charge on any atom is 0.239 e. The van der Waals surface area contributed by atoms with Gasteiger partial charge in [0.1, 0.15) is 5.82 Å². The fourth-order valence-electron chi connectivity index (χ4n) is 4.61. The molecule has 1 aliphatic heterocycles. The van der Waals surface area contributed by atoms with Gasteiger partial charge in [0.05, 0.1) is 18.8 Å². The number of nitrogens with zero attached hydrogens (tertiary/aromatic N) is 4. The third kappa shape index (κ3) is 5.29. The van der Waals surface area contributed by atoms with E-state index in [9.17, 15) is 4.79 Å². The highest BCUT2D eigenvalue weighted by atomic mass is 16.2. The Morgan fingerprint density at radius 1 is 1.03 bits per heavy atom. The minimum atomic E-state index is 0.0625. The Morgan fingerprint density at radius 2 is 1.70 bits per heavy atom. The highest BCUT2D eigenvalue weighted by molar-refractivity contribution is 5.91. The lowest BCUT2D eigenvalue weighted by Gasteiger charge is -2.34. The first-order chi connectivity index (χ1) is 14.6. The zero-order valence-electron chi connectivity index (χ0n) is 18.4. The van der Waals surface area contributed by atoms with Crippen LogP contribution in [0, 0.1) is 0 Å². The number of hydrogen-bond donors (Lipinski definition) is 1. The summed E-state index contributed by atoms with van der Waals surface area (Å²) >= 11 is 0. The molecule has 1 aliphatic carbocycles. The van der Waals surface area contributed by atoms with Gasteiger partial charge in [0.25, 0.3) is 0 Å². The summed E-state index contributed by atoms with van der Waals surface area (Å²) in [5.41, 5.74) is 2.76. The minimum absolute atomic E-state index is 0.0625. The number of anilines is 1. The first kappa shape index (κ1) is 21.1. The molecule has 1 saturated heterocycles. The first-order valence-electron chi connectivity index (χ1n) is 11.5. The van der Waals surface area contributed by atoms with Crippen molar-refractivity contribution in [2.45, 2.75) is 58.0 Å². The molecule has 6 heteroatoms. The summed E-state index contributed by atoms with van der Waals surface area (Å²) in [6.45, 7) is 9.75. The molecular formula is C24H35N5O. The molecule has 0 atom stereocenters. The average Bonchev–Trinajstić information content (AvgIpc) is 3.41. The molecule has 2 aromatic rings. The molecule has 0 spiro atoms. The molecule has 1 N–H and O–H groups in total. The highest BCUT2D eigenvalue weighted by Crippen LogP contribution is 2.31. The molecular weight excluding hydrogens is 374 g/mol. The Kier molecular flexibility index (Phi) is 6.85. The molecule has 1 aromatic heterocycles. The number of benzene rings is 1. The molecule has 1 saturated carbocycles. The average molecular weight is 410 g/mol. The first-order valence-corrected chi connectivity index (χ1v) is 11.5. The van der Waals surface area contributed by atoms with Crippen LogP contribution in [0.1, 0.15) is 62.6 Å². The molecule has 0 radical (unpaired) electrons. The van der Waals surface area contributed by atoms with Crippen molar-refractivity contribution in [1.29, 1.82) is 0 Å². The van der Waals surface area contributed by atoms with Gasteiger partial charge in [-0.05, 0) is 29.9 Å². The molecule has 1 amide bonds. The number of rotatable bonds is 7. The lowest BCUT2D eigenvalue weighted by Crippen LogP contribution is -2.48. The summed E-state index contributed by atoms with van der Waals surface area (Å²) in [6.07, 6.45) is 6.62. The molecule has 1 aromatic carbocycles. The van der Waals surface area contributed by atoms with Gasteiger partial charge in [-0.1, -0.05) is 51.0 Å². The van der Waals surface area contributed by atoms with E-state index in [1.165, 1.54) is 24.0 Å². The zero-order chi connectivity index (χ0) is 20.9. The van der Waals surface area contributed by atoms with E-state index in [2.05, 4.69) is 58.3 Å². The molecule has 2 aliphatic rings. The molecule has 0 bridgehead atoms. The summed E-state index contributed by atoms with van der Waals surface area (Å²) in [6, 6.07) is 11.4. The lowest BCUT2D eigenvalue weighted by atomic mass is 10.0. The van der Waals surface area contributed by atoms with Gasteiger partial charge in [-0.15, -0.1) is 0 Å². The number of hydrogen-bond acceptors (Lipinski definition) is 4. The van der Waals surface area contributed by atoms with Crippen molar-refractivity contribution >= 4 is 11.7 Å². The fraction of sp³-hybridized carbons (Fsp3) is 0.583. The van der Waals surface area contributed by atoms with Crippen molar-refractivity contribution in [3.8, 4) is 0 Å². The van der Waals surface area contributed by atoms with Crippen LogP contribution in [-0.4, -0.2) is 58.2 Å². The molecule has 2 heterocycles. The second kappa shape index (κ2) is 9.75. The van der Waals surface area contributed by atoms with E-state index >= 15 is 0 Å². The van der Waals surface area contributed by atoms with Gasteiger partial charge in [0.15, 0.2) is 0 Å². The Hall–Kier alpha value is -2.18. The van der Waals surface area contributed by atoms with Gasteiger partial charge < -0.3 is 5.32 Å². The van der Waals surface area contributed by atoms with E-state index < -0.39 is 0 Å². The van der Waals surface area contributed by atoms with Crippen LogP contribution < -0.4 is 5.32 Å². The van der Waals surface area contributed by atoms with E-state index in [0.717, 1.165) is 51.4 Å². The second-order valence-corrected chi connectivity index (χ2v) is 9.10. The van der Waals surface area contributed by atoms with Crippen LogP contribution in [0.15, 0.2) is 36.5 Å². The maximum atomic E-state index is 12.6. The molecule has 4 rings (SSSR count). The topological polar surface area (TPSA) is 53.4 Å². The van der Waals surface area contributed by atoms with Gasteiger partial charge in [-0.2, -0.15) is 5.10 Å². The predicted molar refractivity (Wildman–Crippen MR) is 121 cm³/mol. The molecule has 2 fully saturated rings. The summed E-state index contributed by atoms with van der Waals surface area (Å²) < 4.78 is 2.01. The van der Waals surface area contributed by atoms with Crippen LogP contribution >= 0.6 is 0 Å². The van der Waals surface area contributed by atoms with Gasteiger partial charge in [-0.25, -0.2) is 4.68 Å². The monoisotopic (exact) mass is 409 g/mol.